The topological polar surface area (TPSA) is 55.6 Å². The lowest BCUT2D eigenvalue weighted by Gasteiger charge is -2.17. The lowest BCUT2D eigenvalue weighted by Crippen LogP contribution is -2.31. The van der Waals surface area contributed by atoms with Crippen molar-refractivity contribution >= 4 is 5.91 Å². The van der Waals surface area contributed by atoms with Gasteiger partial charge in [-0.15, -0.1) is 0 Å². The van der Waals surface area contributed by atoms with Crippen LogP contribution in [0.3, 0.4) is 0 Å². The molecule has 0 aliphatic rings. The molecule has 0 atom stereocenters. The number of carbonyl (C=O) groups is 1. The summed E-state index contributed by atoms with van der Waals surface area (Å²) in [4.78, 5) is 13.6. The molecule has 4 nitrogen and oxygen atoms in total. The van der Waals surface area contributed by atoms with Crippen molar-refractivity contribution in [2.75, 3.05) is 27.3 Å². The molecule has 1 aromatic carbocycles. The molecule has 0 fully saturated rings. The minimum absolute atomic E-state index is 0.0861. The maximum absolute atomic E-state index is 11.9. The predicted octanol–water partition coefficient (Wildman–Crippen LogP) is 0.793. The fourth-order valence-corrected chi connectivity index (χ4v) is 1.58. The zero-order valence-electron chi connectivity index (χ0n) is 10.5. The number of ether oxygens (including phenoxy) is 1. The third-order valence-electron chi connectivity index (χ3n) is 2.74. The van der Waals surface area contributed by atoms with Crippen LogP contribution in [0.15, 0.2) is 24.3 Å². The molecule has 1 rings (SSSR count). The third-order valence-corrected chi connectivity index (χ3v) is 2.74. The minimum atomic E-state index is 0.0861. The number of likely N-dealkylation sites (N-methyl/N-ethyl adjacent to an activating group) is 1. The first-order valence-corrected chi connectivity index (χ1v) is 5.68. The highest BCUT2D eigenvalue weighted by Crippen LogP contribution is 2.09. The van der Waals surface area contributed by atoms with Crippen molar-refractivity contribution < 1.29 is 9.53 Å². The van der Waals surface area contributed by atoms with Crippen LogP contribution in [0.1, 0.15) is 11.1 Å². The van der Waals surface area contributed by atoms with Crippen LogP contribution in [0.5, 0.6) is 0 Å². The van der Waals surface area contributed by atoms with Gasteiger partial charge in [0.2, 0.25) is 5.91 Å². The van der Waals surface area contributed by atoms with Gasteiger partial charge in [0.1, 0.15) is 0 Å². The standard InChI is InChI=1S/C13H20N2O2/c1-15(7-8-17-2)13(16)9-11-5-3-4-6-12(11)10-14/h3-6H,7-10,14H2,1-2H3. The number of nitrogens with two attached hydrogens (primary N) is 1. The van der Waals surface area contributed by atoms with E-state index in [1.807, 2.05) is 24.3 Å². The van der Waals surface area contributed by atoms with E-state index in [1.54, 1.807) is 19.1 Å². The molecule has 2 N–H and O–H groups in total. The second-order valence-corrected chi connectivity index (χ2v) is 3.96. The molecule has 0 aliphatic heterocycles. The Kier molecular flexibility index (Phi) is 5.66. The molecule has 0 aliphatic carbocycles. The summed E-state index contributed by atoms with van der Waals surface area (Å²) in [5.41, 5.74) is 7.67. The highest BCUT2D eigenvalue weighted by Gasteiger charge is 2.11. The molecule has 94 valence electrons. The largest absolute Gasteiger partial charge is 0.383 e. The van der Waals surface area contributed by atoms with Crippen LogP contribution in [-0.4, -0.2) is 38.1 Å². The number of amides is 1. The molecule has 0 radical (unpaired) electrons. The summed E-state index contributed by atoms with van der Waals surface area (Å²) in [6.07, 6.45) is 0.396. The highest BCUT2D eigenvalue weighted by atomic mass is 16.5. The number of methoxy groups -OCH3 is 1. The first-order chi connectivity index (χ1) is 8.19. The Morgan fingerprint density at radius 2 is 2.00 bits per heavy atom. The van der Waals surface area contributed by atoms with E-state index in [0.29, 0.717) is 26.1 Å². The molecule has 0 bridgehead atoms. The minimum Gasteiger partial charge on any atom is -0.383 e. The summed E-state index contributed by atoms with van der Waals surface area (Å²) in [7, 11) is 3.41. The van der Waals surface area contributed by atoms with E-state index in [-0.39, 0.29) is 5.91 Å². The number of nitrogens with zero attached hydrogens (tertiary/aromatic N) is 1. The van der Waals surface area contributed by atoms with Crippen LogP contribution in [0.4, 0.5) is 0 Å². The van der Waals surface area contributed by atoms with Crippen LogP contribution in [-0.2, 0) is 22.5 Å². The molecule has 0 aromatic heterocycles. The van der Waals surface area contributed by atoms with Gasteiger partial charge in [0.25, 0.3) is 0 Å². The zero-order valence-corrected chi connectivity index (χ0v) is 10.5. The first-order valence-electron chi connectivity index (χ1n) is 5.68. The smallest absolute Gasteiger partial charge is 0.226 e. The van der Waals surface area contributed by atoms with E-state index in [1.165, 1.54) is 0 Å². The van der Waals surface area contributed by atoms with E-state index in [4.69, 9.17) is 10.5 Å². The second kappa shape index (κ2) is 7.04. The summed E-state index contributed by atoms with van der Waals surface area (Å²) >= 11 is 0. The molecule has 0 spiro atoms. The van der Waals surface area contributed by atoms with Crippen LogP contribution < -0.4 is 5.73 Å². The average molecular weight is 236 g/mol. The van der Waals surface area contributed by atoms with Crippen LogP contribution in [0.2, 0.25) is 0 Å². The normalized spacial score (nSPS) is 10.3. The maximum Gasteiger partial charge on any atom is 0.226 e. The highest BCUT2D eigenvalue weighted by molar-refractivity contribution is 5.78. The molecule has 0 heterocycles. The fourth-order valence-electron chi connectivity index (χ4n) is 1.58. The Labute approximate surface area is 102 Å². The van der Waals surface area contributed by atoms with Crippen molar-refractivity contribution in [1.29, 1.82) is 0 Å². The number of benzene rings is 1. The van der Waals surface area contributed by atoms with Crippen molar-refractivity contribution in [3.05, 3.63) is 35.4 Å². The Balaban J connectivity index is 2.61. The van der Waals surface area contributed by atoms with Gasteiger partial charge in [0, 0.05) is 27.2 Å². The second-order valence-electron chi connectivity index (χ2n) is 3.96. The number of rotatable bonds is 6. The Morgan fingerprint density at radius 3 is 2.59 bits per heavy atom. The summed E-state index contributed by atoms with van der Waals surface area (Å²) < 4.78 is 4.94. The summed E-state index contributed by atoms with van der Waals surface area (Å²) in [5.74, 6) is 0.0861. The van der Waals surface area contributed by atoms with Crippen molar-refractivity contribution in [3.63, 3.8) is 0 Å². The van der Waals surface area contributed by atoms with E-state index < -0.39 is 0 Å². The summed E-state index contributed by atoms with van der Waals surface area (Å²) in [6, 6.07) is 7.77. The quantitative estimate of drug-likeness (QED) is 0.794. The van der Waals surface area contributed by atoms with Gasteiger partial charge < -0.3 is 15.4 Å². The molecule has 1 amide bonds. The summed E-state index contributed by atoms with van der Waals surface area (Å²) in [5, 5.41) is 0. The Hall–Kier alpha value is -1.39. The molecule has 1 aromatic rings. The molecular formula is C13H20N2O2. The van der Waals surface area contributed by atoms with Crippen molar-refractivity contribution in [1.82, 2.24) is 4.90 Å². The van der Waals surface area contributed by atoms with E-state index in [0.717, 1.165) is 11.1 Å². The number of carbonyl (C=O) groups excluding carboxylic acids is 1. The Bertz CT molecular complexity index is 366. The van der Waals surface area contributed by atoms with Gasteiger partial charge in [-0.3, -0.25) is 4.79 Å². The zero-order chi connectivity index (χ0) is 12.7. The van der Waals surface area contributed by atoms with Gasteiger partial charge in [-0.05, 0) is 11.1 Å². The SMILES string of the molecule is COCCN(C)C(=O)Cc1ccccc1CN. The van der Waals surface area contributed by atoms with Crippen molar-refractivity contribution in [3.8, 4) is 0 Å². The third kappa shape index (κ3) is 4.17. The molecular weight excluding hydrogens is 216 g/mol. The molecule has 17 heavy (non-hydrogen) atoms. The molecule has 0 saturated carbocycles. The van der Waals surface area contributed by atoms with Crippen LogP contribution >= 0.6 is 0 Å². The lowest BCUT2D eigenvalue weighted by atomic mass is 10.0. The molecule has 4 heteroatoms. The van der Waals surface area contributed by atoms with Gasteiger partial charge in [0.15, 0.2) is 0 Å². The van der Waals surface area contributed by atoms with Gasteiger partial charge >= 0.3 is 0 Å². The average Bonchev–Trinajstić information content (AvgIpc) is 2.36. The van der Waals surface area contributed by atoms with E-state index in [9.17, 15) is 4.79 Å². The molecule has 0 saturated heterocycles. The predicted molar refractivity (Wildman–Crippen MR) is 67.6 cm³/mol. The Morgan fingerprint density at radius 1 is 1.35 bits per heavy atom. The van der Waals surface area contributed by atoms with E-state index >= 15 is 0 Å². The maximum atomic E-state index is 11.9. The van der Waals surface area contributed by atoms with Crippen molar-refractivity contribution in [2.24, 2.45) is 5.73 Å². The lowest BCUT2D eigenvalue weighted by molar-refractivity contribution is -0.129. The number of hydrogen-bond donors (Lipinski definition) is 1. The molecule has 0 unspecified atom stereocenters. The van der Waals surface area contributed by atoms with Crippen molar-refractivity contribution in [2.45, 2.75) is 13.0 Å². The van der Waals surface area contributed by atoms with Gasteiger partial charge in [-0.2, -0.15) is 0 Å². The van der Waals surface area contributed by atoms with Gasteiger partial charge in [0.05, 0.1) is 13.0 Å². The van der Waals surface area contributed by atoms with Crippen LogP contribution in [0.25, 0.3) is 0 Å². The first kappa shape index (κ1) is 13.7. The fraction of sp³-hybridized carbons (Fsp3) is 0.462. The van der Waals surface area contributed by atoms with Gasteiger partial charge in [-0.25, -0.2) is 0 Å². The van der Waals surface area contributed by atoms with Gasteiger partial charge in [-0.1, -0.05) is 24.3 Å². The summed E-state index contributed by atoms with van der Waals surface area (Å²) in [6.45, 7) is 1.63. The number of hydrogen-bond acceptors (Lipinski definition) is 3. The van der Waals surface area contributed by atoms with E-state index in [2.05, 4.69) is 0 Å². The van der Waals surface area contributed by atoms with Crippen LogP contribution in [0, 0.1) is 0 Å². The monoisotopic (exact) mass is 236 g/mol.